The number of halogens is 1. The van der Waals surface area contributed by atoms with Crippen LogP contribution in [0.2, 0.25) is 0 Å². The molecule has 224 valence electrons. The molecule has 3 atom stereocenters. The summed E-state index contributed by atoms with van der Waals surface area (Å²) in [6, 6.07) is 4.87. The Morgan fingerprint density at radius 1 is 0.976 bits per heavy atom. The summed E-state index contributed by atoms with van der Waals surface area (Å²) in [4.78, 5) is 36.6. The number of nitrogens with zero attached hydrogens (tertiary/aromatic N) is 5. The number of benzene rings is 1. The van der Waals surface area contributed by atoms with Crippen molar-refractivity contribution in [2.45, 2.75) is 78.3 Å². The number of likely N-dealkylation sites (tertiary alicyclic amines) is 3. The van der Waals surface area contributed by atoms with Crippen LogP contribution >= 0.6 is 0 Å². The van der Waals surface area contributed by atoms with E-state index in [9.17, 15) is 14.0 Å². The highest BCUT2D eigenvalue weighted by molar-refractivity contribution is 5.99. The second kappa shape index (κ2) is 11.8. The first-order valence-electron chi connectivity index (χ1n) is 15.7. The zero-order chi connectivity index (χ0) is 29.5. The molecule has 3 saturated heterocycles. The van der Waals surface area contributed by atoms with Crippen LogP contribution in [-0.4, -0.2) is 80.9 Å². The third-order valence-corrected chi connectivity index (χ3v) is 10.1. The summed E-state index contributed by atoms with van der Waals surface area (Å²) < 4.78 is 16.7. The van der Waals surface area contributed by atoms with Crippen molar-refractivity contribution >= 4 is 22.7 Å². The van der Waals surface area contributed by atoms with Crippen molar-refractivity contribution in [1.29, 1.82) is 0 Å². The zero-order valence-electron chi connectivity index (χ0n) is 25.5. The van der Waals surface area contributed by atoms with Gasteiger partial charge in [0.2, 0.25) is 5.91 Å². The lowest BCUT2D eigenvalue weighted by molar-refractivity contribution is -0.130. The van der Waals surface area contributed by atoms with Crippen LogP contribution in [0.15, 0.2) is 36.8 Å². The maximum absolute atomic E-state index is 14.6. The van der Waals surface area contributed by atoms with Crippen molar-refractivity contribution < 1.29 is 14.0 Å². The molecule has 3 aliphatic heterocycles. The van der Waals surface area contributed by atoms with E-state index in [1.54, 1.807) is 13.0 Å². The van der Waals surface area contributed by atoms with E-state index in [2.05, 4.69) is 41.4 Å². The van der Waals surface area contributed by atoms with E-state index in [-0.39, 0.29) is 23.9 Å². The second-order valence-electron chi connectivity index (χ2n) is 13.1. The maximum Gasteiger partial charge on any atom is 0.256 e. The number of carbonyl (C=O) groups excluding carboxylic acids is 2. The van der Waals surface area contributed by atoms with E-state index in [0.29, 0.717) is 23.1 Å². The first kappa shape index (κ1) is 28.8. The van der Waals surface area contributed by atoms with Gasteiger partial charge in [-0.2, -0.15) is 0 Å². The van der Waals surface area contributed by atoms with Crippen LogP contribution in [0.4, 0.5) is 4.39 Å². The molecule has 6 rings (SSSR count). The molecule has 8 heteroatoms. The van der Waals surface area contributed by atoms with Gasteiger partial charge in [0, 0.05) is 63.0 Å². The average Bonchev–Trinajstić information content (AvgIpc) is 3.66. The number of rotatable bonds is 6. The van der Waals surface area contributed by atoms with E-state index >= 15 is 0 Å². The third-order valence-electron chi connectivity index (χ3n) is 10.1. The Morgan fingerprint density at radius 3 is 2.40 bits per heavy atom. The van der Waals surface area contributed by atoms with Crippen molar-refractivity contribution in [3.8, 4) is 5.69 Å². The number of fused-ring (bicyclic) bond motifs is 1. The molecule has 2 amide bonds. The fourth-order valence-corrected chi connectivity index (χ4v) is 7.77. The summed E-state index contributed by atoms with van der Waals surface area (Å²) in [5.41, 5.74) is 4.45. The standard InChI is InChI=1S/C34H44FN5O2/c1-22-17-36-18-32-33(22)28(15-27-9-12-37(20-27)19-26-10-13-38(14-11-26)25(4)41)21-39(32)31-8-7-29(35)16-30(31)34(42)40-23(2)5-6-24(40)3/h7-8,16-18,21,23-24,26-27H,5-6,9-15,19-20H2,1-4H3/t23-,24-,27+/m1/s1. The van der Waals surface area contributed by atoms with Gasteiger partial charge >= 0.3 is 0 Å². The van der Waals surface area contributed by atoms with E-state index in [1.807, 2.05) is 22.2 Å². The van der Waals surface area contributed by atoms with Gasteiger partial charge in [0.25, 0.3) is 5.91 Å². The average molecular weight is 574 g/mol. The first-order chi connectivity index (χ1) is 20.2. The highest BCUT2D eigenvalue weighted by Crippen LogP contribution is 2.34. The number of aromatic nitrogens is 2. The molecule has 0 N–H and O–H groups in total. The molecule has 3 aliphatic rings. The van der Waals surface area contributed by atoms with Crippen LogP contribution in [-0.2, 0) is 11.2 Å². The SMILES string of the molecule is CC(=O)N1CCC(CN2CC[C@@H](Cc3cn(-c4ccc(F)cc4C(=O)N4[C@H](C)CC[C@H]4C)c4cncc(C)c34)C2)CC1. The molecule has 42 heavy (non-hydrogen) atoms. The lowest BCUT2D eigenvalue weighted by atomic mass is 9.96. The van der Waals surface area contributed by atoms with Gasteiger partial charge in [-0.15, -0.1) is 0 Å². The predicted molar refractivity (Wildman–Crippen MR) is 163 cm³/mol. The minimum Gasteiger partial charge on any atom is -0.343 e. The van der Waals surface area contributed by atoms with Gasteiger partial charge in [-0.05, 0) is 107 Å². The molecule has 1 aromatic carbocycles. The Morgan fingerprint density at radius 2 is 1.69 bits per heavy atom. The lowest BCUT2D eigenvalue weighted by Gasteiger charge is -2.33. The fourth-order valence-electron chi connectivity index (χ4n) is 7.77. The Labute approximate surface area is 248 Å². The molecular formula is C34H44FN5O2. The summed E-state index contributed by atoms with van der Waals surface area (Å²) in [6.07, 6.45) is 12.2. The third kappa shape index (κ3) is 5.58. The van der Waals surface area contributed by atoms with E-state index < -0.39 is 5.82 Å². The number of hydrogen-bond acceptors (Lipinski definition) is 4. The van der Waals surface area contributed by atoms with Crippen LogP contribution in [0, 0.1) is 24.6 Å². The highest BCUT2D eigenvalue weighted by atomic mass is 19.1. The molecule has 0 spiro atoms. The Balaban J connectivity index is 1.24. The van der Waals surface area contributed by atoms with E-state index in [1.165, 1.54) is 23.1 Å². The summed E-state index contributed by atoms with van der Waals surface area (Å²) in [7, 11) is 0. The first-order valence-corrected chi connectivity index (χ1v) is 15.7. The lowest BCUT2D eigenvalue weighted by Crippen LogP contribution is -2.40. The van der Waals surface area contributed by atoms with Crippen LogP contribution in [0.1, 0.15) is 74.4 Å². The molecular weight excluding hydrogens is 529 g/mol. The molecule has 5 heterocycles. The zero-order valence-corrected chi connectivity index (χ0v) is 25.5. The predicted octanol–water partition coefficient (Wildman–Crippen LogP) is 5.61. The molecule has 3 fully saturated rings. The maximum atomic E-state index is 14.6. The molecule has 0 bridgehead atoms. The molecule has 0 aliphatic carbocycles. The van der Waals surface area contributed by atoms with Crippen molar-refractivity contribution in [2.24, 2.45) is 11.8 Å². The van der Waals surface area contributed by atoms with Gasteiger partial charge in [-0.1, -0.05) is 0 Å². The molecule has 7 nitrogen and oxygen atoms in total. The minimum atomic E-state index is -0.398. The molecule has 2 aromatic heterocycles. The quantitative estimate of drug-likeness (QED) is 0.385. The molecule has 0 radical (unpaired) electrons. The Bertz CT molecular complexity index is 1470. The van der Waals surface area contributed by atoms with Gasteiger partial charge in [-0.25, -0.2) is 4.39 Å². The minimum absolute atomic E-state index is 0.105. The number of aryl methyl sites for hydroxylation is 1. The highest BCUT2D eigenvalue weighted by Gasteiger charge is 2.34. The molecule has 0 unspecified atom stereocenters. The van der Waals surface area contributed by atoms with Crippen molar-refractivity contribution in [3.05, 3.63) is 59.3 Å². The fraction of sp³-hybridized carbons (Fsp3) is 0.559. The molecule has 3 aromatic rings. The van der Waals surface area contributed by atoms with Crippen LogP contribution in [0.3, 0.4) is 0 Å². The van der Waals surface area contributed by atoms with Gasteiger partial charge in [0.15, 0.2) is 0 Å². The number of carbonyl (C=O) groups is 2. The Hall–Kier alpha value is -3.26. The molecule has 0 saturated carbocycles. The number of pyridine rings is 1. The normalized spacial score (nSPS) is 23.8. The summed E-state index contributed by atoms with van der Waals surface area (Å²) in [6.45, 7) is 13.0. The van der Waals surface area contributed by atoms with E-state index in [4.69, 9.17) is 0 Å². The topological polar surface area (TPSA) is 61.7 Å². The number of piperidine rings is 1. The smallest absolute Gasteiger partial charge is 0.256 e. The Kier molecular flexibility index (Phi) is 8.09. The van der Waals surface area contributed by atoms with Crippen molar-refractivity contribution in [1.82, 2.24) is 24.3 Å². The monoisotopic (exact) mass is 573 g/mol. The van der Waals surface area contributed by atoms with Gasteiger partial charge in [-0.3, -0.25) is 14.6 Å². The summed E-state index contributed by atoms with van der Waals surface area (Å²) in [5, 5.41) is 1.19. The summed E-state index contributed by atoms with van der Waals surface area (Å²) >= 11 is 0. The van der Waals surface area contributed by atoms with Crippen molar-refractivity contribution in [3.63, 3.8) is 0 Å². The number of hydrogen-bond donors (Lipinski definition) is 0. The van der Waals surface area contributed by atoms with Gasteiger partial charge in [0.1, 0.15) is 5.82 Å². The van der Waals surface area contributed by atoms with Gasteiger partial charge in [0.05, 0.1) is 23.0 Å². The summed E-state index contributed by atoms with van der Waals surface area (Å²) in [5.74, 6) is 0.897. The van der Waals surface area contributed by atoms with Gasteiger partial charge < -0.3 is 19.3 Å². The van der Waals surface area contributed by atoms with Crippen LogP contribution in [0.5, 0.6) is 0 Å². The van der Waals surface area contributed by atoms with E-state index in [0.717, 1.165) is 82.3 Å². The van der Waals surface area contributed by atoms with Crippen LogP contribution in [0.25, 0.3) is 16.6 Å². The van der Waals surface area contributed by atoms with Crippen molar-refractivity contribution in [2.75, 3.05) is 32.7 Å². The largest absolute Gasteiger partial charge is 0.343 e. The number of amides is 2. The van der Waals surface area contributed by atoms with Crippen LogP contribution < -0.4 is 0 Å². The second-order valence-corrected chi connectivity index (χ2v) is 13.1.